The first-order chi connectivity index (χ1) is 14.7. The number of rotatable bonds is 8. The first-order valence-electron chi connectivity index (χ1n) is 11.9. The van der Waals surface area contributed by atoms with Gasteiger partial charge in [-0.05, 0) is 61.9 Å². The van der Waals surface area contributed by atoms with E-state index in [9.17, 15) is 0 Å². The van der Waals surface area contributed by atoms with Crippen molar-refractivity contribution in [2.24, 2.45) is 0 Å². The van der Waals surface area contributed by atoms with E-state index in [0.717, 1.165) is 35.7 Å². The van der Waals surface area contributed by atoms with E-state index in [1.54, 1.807) is 0 Å². The van der Waals surface area contributed by atoms with E-state index in [4.69, 9.17) is 9.97 Å². The van der Waals surface area contributed by atoms with E-state index in [2.05, 4.69) is 89.6 Å². The summed E-state index contributed by atoms with van der Waals surface area (Å²) in [5, 5.41) is 0. The summed E-state index contributed by atoms with van der Waals surface area (Å²) < 4.78 is 2.26. The molecule has 0 atom stereocenters. The second-order valence-electron chi connectivity index (χ2n) is 9.83. The highest BCUT2D eigenvalue weighted by atomic mass is 15.1. The first-order valence-corrected chi connectivity index (χ1v) is 11.9. The molecule has 31 heavy (non-hydrogen) atoms. The molecule has 2 heterocycles. The maximum absolute atomic E-state index is 5.00. The number of hydrogen-bond acceptors (Lipinski definition) is 2. The summed E-state index contributed by atoms with van der Waals surface area (Å²) in [6, 6.07) is 11.0. The van der Waals surface area contributed by atoms with Crippen molar-refractivity contribution in [2.45, 2.75) is 92.4 Å². The van der Waals surface area contributed by atoms with Gasteiger partial charge in [0.1, 0.15) is 5.69 Å². The van der Waals surface area contributed by atoms with Crippen molar-refractivity contribution in [3.05, 3.63) is 64.6 Å². The predicted molar refractivity (Wildman–Crippen MR) is 132 cm³/mol. The number of benzene rings is 1. The molecule has 0 saturated heterocycles. The average molecular weight is 418 g/mol. The van der Waals surface area contributed by atoms with Crippen LogP contribution in [0, 0.1) is 13.8 Å². The molecule has 3 heteroatoms. The van der Waals surface area contributed by atoms with Crippen LogP contribution in [-0.4, -0.2) is 14.5 Å². The molecule has 0 N–H and O–H groups in total. The second-order valence-corrected chi connectivity index (χ2v) is 9.83. The molecule has 0 aliphatic heterocycles. The fraction of sp³-hybridized carbons (Fsp3) is 0.500. The molecule has 0 saturated carbocycles. The summed E-state index contributed by atoms with van der Waals surface area (Å²) in [5.74, 6) is 0.935. The Morgan fingerprint density at radius 2 is 1.61 bits per heavy atom. The number of imidazole rings is 1. The van der Waals surface area contributed by atoms with Crippen molar-refractivity contribution < 1.29 is 0 Å². The van der Waals surface area contributed by atoms with Crippen LogP contribution in [0.1, 0.15) is 88.4 Å². The molecule has 0 amide bonds. The fourth-order valence-electron chi connectivity index (χ4n) is 4.25. The van der Waals surface area contributed by atoms with Gasteiger partial charge in [-0.3, -0.25) is 4.57 Å². The molecule has 1 aromatic carbocycles. The summed E-state index contributed by atoms with van der Waals surface area (Å²) in [7, 11) is 0. The summed E-state index contributed by atoms with van der Waals surface area (Å²) in [6.45, 7) is 15.5. The lowest BCUT2D eigenvalue weighted by atomic mass is 9.91. The number of aromatic nitrogens is 3. The minimum atomic E-state index is 0.00623. The molecular weight excluding hydrogens is 378 g/mol. The van der Waals surface area contributed by atoms with Crippen LogP contribution in [0.15, 0.2) is 36.5 Å². The van der Waals surface area contributed by atoms with Crippen molar-refractivity contribution in [1.82, 2.24) is 14.5 Å². The van der Waals surface area contributed by atoms with Crippen LogP contribution >= 0.6 is 0 Å². The topological polar surface area (TPSA) is 30.7 Å². The van der Waals surface area contributed by atoms with Gasteiger partial charge in [0.15, 0.2) is 5.82 Å². The Bertz CT molecular complexity index is 998. The Morgan fingerprint density at radius 1 is 0.903 bits per heavy atom. The van der Waals surface area contributed by atoms with Crippen molar-refractivity contribution in [3.63, 3.8) is 0 Å². The molecule has 0 spiro atoms. The SMILES string of the molecule is CCCCCCc1cc(C)c(-n2cc(CC)nc2-c2cccc(C(C)(C)C)n2)c(C)c1. The maximum atomic E-state index is 5.00. The number of pyridine rings is 1. The summed E-state index contributed by atoms with van der Waals surface area (Å²) in [5.41, 5.74) is 8.43. The Hall–Kier alpha value is -2.42. The lowest BCUT2D eigenvalue weighted by Crippen LogP contribution is -2.14. The standard InChI is InChI=1S/C28H39N3/c1-8-10-11-12-14-22-17-20(3)26(21(4)18-22)31-19-23(9-2)29-27(31)24-15-13-16-25(30-24)28(5,6)7/h13,15-19H,8-12,14H2,1-7H3. The minimum Gasteiger partial charge on any atom is -0.298 e. The monoisotopic (exact) mass is 417 g/mol. The highest BCUT2D eigenvalue weighted by Crippen LogP contribution is 2.29. The van der Waals surface area contributed by atoms with Crippen LogP contribution in [0.25, 0.3) is 17.2 Å². The van der Waals surface area contributed by atoms with E-state index in [-0.39, 0.29) is 5.41 Å². The van der Waals surface area contributed by atoms with Gasteiger partial charge in [-0.1, -0.05) is 72.1 Å². The third kappa shape index (κ3) is 5.44. The largest absolute Gasteiger partial charge is 0.298 e. The summed E-state index contributed by atoms with van der Waals surface area (Å²) in [6.07, 6.45) is 9.46. The Morgan fingerprint density at radius 3 is 2.23 bits per heavy atom. The van der Waals surface area contributed by atoms with Gasteiger partial charge in [0.05, 0.1) is 11.4 Å². The lowest BCUT2D eigenvalue weighted by Gasteiger charge is -2.19. The van der Waals surface area contributed by atoms with Crippen molar-refractivity contribution >= 4 is 0 Å². The molecule has 166 valence electrons. The van der Waals surface area contributed by atoms with Gasteiger partial charge in [0, 0.05) is 17.3 Å². The molecule has 3 nitrogen and oxygen atoms in total. The molecular formula is C28H39N3. The van der Waals surface area contributed by atoms with E-state index in [1.165, 1.54) is 48.1 Å². The average Bonchev–Trinajstić information content (AvgIpc) is 3.14. The fourth-order valence-corrected chi connectivity index (χ4v) is 4.25. The molecule has 3 aromatic rings. The highest BCUT2D eigenvalue weighted by Gasteiger charge is 2.20. The van der Waals surface area contributed by atoms with Crippen LogP contribution in [0.5, 0.6) is 0 Å². The van der Waals surface area contributed by atoms with E-state index in [1.807, 2.05) is 0 Å². The molecule has 3 rings (SSSR count). The number of nitrogens with zero attached hydrogens (tertiary/aromatic N) is 3. The van der Waals surface area contributed by atoms with E-state index >= 15 is 0 Å². The van der Waals surface area contributed by atoms with Gasteiger partial charge in [-0.15, -0.1) is 0 Å². The van der Waals surface area contributed by atoms with Crippen LogP contribution in [0.3, 0.4) is 0 Å². The normalized spacial score (nSPS) is 11.8. The molecule has 0 aliphatic carbocycles. The third-order valence-corrected chi connectivity index (χ3v) is 5.98. The Kier molecular flexibility index (Phi) is 7.35. The molecule has 0 unspecified atom stereocenters. The van der Waals surface area contributed by atoms with Gasteiger partial charge in [-0.2, -0.15) is 0 Å². The second kappa shape index (κ2) is 9.80. The number of hydrogen-bond donors (Lipinski definition) is 0. The van der Waals surface area contributed by atoms with Crippen molar-refractivity contribution in [1.29, 1.82) is 0 Å². The predicted octanol–water partition coefficient (Wildman–Crippen LogP) is 7.53. The van der Waals surface area contributed by atoms with Crippen LogP contribution in [0.2, 0.25) is 0 Å². The molecule has 2 aromatic heterocycles. The molecule has 0 fully saturated rings. The smallest absolute Gasteiger partial charge is 0.163 e. The maximum Gasteiger partial charge on any atom is 0.163 e. The summed E-state index contributed by atoms with van der Waals surface area (Å²) >= 11 is 0. The van der Waals surface area contributed by atoms with Crippen LogP contribution in [-0.2, 0) is 18.3 Å². The van der Waals surface area contributed by atoms with Gasteiger partial charge in [-0.25, -0.2) is 9.97 Å². The molecule has 0 bridgehead atoms. The van der Waals surface area contributed by atoms with E-state index in [0.29, 0.717) is 0 Å². The zero-order chi connectivity index (χ0) is 22.6. The first kappa shape index (κ1) is 23.2. The molecule has 0 aliphatic rings. The number of unbranched alkanes of at least 4 members (excludes halogenated alkanes) is 3. The van der Waals surface area contributed by atoms with Gasteiger partial charge in [0.25, 0.3) is 0 Å². The Labute approximate surface area is 189 Å². The van der Waals surface area contributed by atoms with Crippen LogP contribution in [0.4, 0.5) is 0 Å². The Balaban J connectivity index is 2.03. The third-order valence-electron chi connectivity index (χ3n) is 5.98. The van der Waals surface area contributed by atoms with E-state index < -0.39 is 0 Å². The highest BCUT2D eigenvalue weighted by molar-refractivity contribution is 5.59. The lowest BCUT2D eigenvalue weighted by molar-refractivity contribution is 0.569. The zero-order valence-corrected chi connectivity index (χ0v) is 20.5. The minimum absolute atomic E-state index is 0.00623. The van der Waals surface area contributed by atoms with Gasteiger partial charge >= 0.3 is 0 Å². The zero-order valence-electron chi connectivity index (χ0n) is 20.5. The van der Waals surface area contributed by atoms with Gasteiger partial charge < -0.3 is 0 Å². The quantitative estimate of drug-likeness (QED) is 0.355. The number of aryl methyl sites for hydroxylation is 4. The van der Waals surface area contributed by atoms with Gasteiger partial charge in [0.2, 0.25) is 0 Å². The van der Waals surface area contributed by atoms with Crippen LogP contribution < -0.4 is 0 Å². The van der Waals surface area contributed by atoms with Crippen molar-refractivity contribution in [3.8, 4) is 17.2 Å². The molecule has 0 radical (unpaired) electrons. The summed E-state index contributed by atoms with van der Waals surface area (Å²) in [4.78, 5) is 9.97. The van der Waals surface area contributed by atoms with Crippen molar-refractivity contribution in [2.75, 3.05) is 0 Å².